The van der Waals surface area contributed by atoms with E-state index in [0.717, 1.165) is 12.1 Å². The fourth-order valence-electron chi connectivity index (χ4n) is 4.23. The second-order valence-corrected chi connectivity index (χ2v) is 19.8. The van der Waals surface area contributed by atoms with E-state index in [2.05, 4.69) is 36.8 Å². The van der Waals surface area contributed by atoms with Crippen LogP contribution in [0.1, 0.15) is 40.5 Å². The second-order valence-electron chi connectivity index (χ2n) is 10.9. The Balaban J connectivity index is 1.96. The number of carbonyl (C=O) groups excluding carboxylic acids is 4. The number of rotatable bonds is 10. The van der Waals surface area contributed by atoms with Crippen LogP contribution in [0.4, 0.5) is 9.59 Å². The molecule has 9 nitrogen and oxygen atoms in total. The van der Waals surface area contributed by atoms with Gasteiger partial charge in [0.25, 0.3) is 11.8 Å². The summed E-state index contributed by atoms with van der Waals surface area (Å²) in [4.78, 5) is 51.6. The first-order valence-electron chi connectivity index (χ1n) is 11.0. The van der Waals surface area contributed by atoms with Gasteiger partial charge in [0, 0.05) is 13.1 Å². The van der Waals surface area contributed by atoms with Crippen molar-refractivity contribution in [3.8, 4) is 0 Å². The third-order valence-corrected chi connectivity index (χ3v) is 12.9. The van der Waals surface area contributed by atoms with Gasteiger partial charge in [-0.15, -0.1) is 0 Å². The van der Waals surface area contributed by atoms with E-state index in [-0.39, 0.29) is 23.9 Å². The zero-order chi connectivity index (χ0) is 23.8. The van der Waals surface area contributed by atoms with Gasteiger partial charge in [0.15, 0.2) is 16.6 Å². The summed E-state index contributed by atoms with van der Waals surface area (Å²) in [6.45, 7) is 16.2. The predicted octanol–water partition coefficient (Wildman–Crippen LogP) is 2.85. The van der Waals surface area contributed by atoms with Crippen LogP contribution < -0.4 is 10.6 Å². The zero-order valence-corrected chi connectivity index (χ0v) is 22.2. The lowest BCUT2D eigenvalue weighted by Crippen LogP contribution is -2.46. The molecule has 2 aliphatic heterocycles. The Hall–Kier alpha value is -1.73. The highest BCUT2D eigenvalue weighted by atomic mass is 28.4. The molecule has 2 aliphatic rings. The van der Waals surface area contributed by atoms with Crippen molar-refractivity contribution in [2.75, 3.05) is 13.1 Å². The first-order chi connectivity index (χ1) is 14.0. The summed E-state index contributed by atoms with van der Waals surface area (Å²) in [5, 5.41) is 5.42. The average Bonchev–Trinajstić information content (AvgIpc) is 2.89. The van der Waals surface area contributed by atoms with Gasteiger partial charge < -0.3 is 14.7 Å². The van der Waals surface area contributed by atoms with Gasteiger partial charge in [0.1, 0.15) is 11.1 Å². The minimum absolute atomic E-state index is 0.201. The number of nitrogens with zero attached hydrogens (tertiary/aromatic N) is 2. The van der Waals surface area contributed by atoms with E-state index in [1.54, 1.807) is 27.7 Å². The van der Waals surface area contributed by atoms with E-state index in [0.29, 0.717) is 25.9 Å². The Morgan fingerprint density at radius 2 is 1.10 bits per heavy atom. The molecule has 0 aromatic carbocycles. The van der Waals surface area contributed by atoms with Gasteiger partial charge in [-0.25, -0.2) is 9.59 Å². The maximum absolute atomic E-state index is 12.4. The summed E-state index contributed by atoms with van der Waals surface area (Å²) in [7, 11) is -3.98. The quantitative estimate of drug-likeness (QED) is 0.377. The summed E-state index contributed by atoms with van der Waals surface area (Å²) >= 11 is 0. The molecule has 2 N–H and O–H groups in total. The van der Waals surface area contributed by atoms with Gasteiger partial charge >= 0.3 is 12.1 Å². The van der Waals surface area contributed by atoms with Gasteiger partial charge in [-0.05, 0) is 78.8 Å². The van der Waals surface area contributed by atoms with E-state index < -0.39 is 27.7 Å². The Morgan fingerprint density at radius 3 is 1.35 bits per heavy atom. The average molecular weight is 471 g/mol. The highest BCUT2D eigenvalue weighted by Gasteiger charge is 2.45. The molecule has 176 valence electrons. The van der Waals surface area contributed by atoms with Crippen molar-refractivity contribution in [3.63, 3.8) is 0 Å². The van der Waals surface area contributed by atoms with Crippen LogP contribution in [0, 0.1) is 0 Å². The smallest absolute Gasteiger partial charge is 0.325 e. The Kier molecular flexibility index (Phi) is 7.13. The van der Waals surface area contributed by atoms with Crippen molar-refractivity contribution in [3.05, 3.63) is 0 Å². The van der Waals surface area contributed by atoms with E-state index >= 15 is 0 Å². The van der Waals surface area contributed by atoms with Crippen molar-refractivity contribution in [2.45, 2.75) is 89.9 Å². The molecule has 11 heteroatoms. The number of hydrogen-bond acceptors (Lipinski definition) is 5. The number of imide groups is 2. The van der Waals surface area contributed by atoms with E-state index in [4.69, 9.17) is 4.12 Å². The van der Waals surface area contributed by atoms with Crippen molar-refractivity contribution in [2.24, 2.45) is 0 Å². The number of carbonyl (C=O) groups is 4. The van der Waals surface area contributed by atoms with E-state index in [1.807, 2.05) is 0 Å². The maximum Gasteiger partial charge on any atom is 0.325 e. The topological polar surface area (TPSA) is 108 Å². The minimum atomic E-state index is -2.17. The van der Waals surface area contributed by atoms with Gasteiger partial charge in [-0.3, -0.25) is 19.4 Å². The summed E-state index contributed by atoms with van der Waals surface area (Å²) in [5.41, 5.74) is -1.72. The third kappa shape index (κ3) is 6.16. The fourth-order valence-corrected chi connectivity index (χ4v) is 13.0. The summed E-state index contributed by atoms with van der Waals surface area (Å²) in [6.07, 6.45) is 1.36. The van der Waals surface area contributed by atoms with Gasteiger partial charge in [0.05, 0.1) is 0 Å². The molecule has 0 aliphatic carbocycles. The molecular formula is C20H38N4O5Si2. The maximum atomic E-state index is 12.4. The van der Waals surface area contributed by atoms with Crippen LogP contribution in [-0.2, 0) is 13.7 Å². The monoisotopic (exact) mass is 470 g/mol. The molecule has 0 bridgehead atoms. The number of nitrogens with one attached hydrogen (secondary N) is 2. The molecule has 0 unspecified atom stereocenters. The van der Waals surface area contributed by atoms with Crippen LogP contribution in [-0.4, -0.2) is 74.5 Å². The lowest BCUT2D eigenvalue weighted by molar-refractivity contribution is -0.130. The van der Waals surface area contributed by atoms with Crippen molar-refractivity contribution in [1.29, 1.82) is 0 Å². The summed E-state index contributed by atoms with van der Waals surface area (Å²) < 4.78 is 6.61. The molecule has 0 spiro atoms. The van der Waals surface area contributed by atoms with Crippen molar-refractivity contribution in [1.82, 2.24) is 20.4 Å². The number of hydrogen-bond donors (Lipinski definition) is 2. The second kappa shape index (κ2) is 8.66. The largest absolute Gasteiger partial charge is 0.456 e. The molecule has 2 rings (SSSR count). The lowest BCUT2D eigenvalue weighted by Gasteiger charge is -2.35. The summed E-state index contributed by atoms with van der Waals surface area (Å²) in [5.74, 6) is -0.402. The zero-order valence-electron chi connectivity index (χ0n) is 20.2. The fraction of sp³-hybridized carbons (Fsp3) is 0.800. The van der Waals surface area contributed by atoms with Crippen molar-refractivity contribution < 1.29 is 23.3 Å². The van der Waals surface area contributed by atoms with Gasteiger partial charge in [0.2, 0.25) is 0 Å². The third-order valence-electron chi connectivity index (χ3n) is 5.62. The van der Waals surface area contributed by atoms with Crippen LogP contribution in [0.25, 0.3) is 0 Å². The molecule has 0 radical (unpaired) electrons. The van der Waals surface area contributed by atoms with E-state index in [1.165, 1.54) is 9.80 Å². The Morgan fingerprint density at radius 1 is 0.742 bits per heavy atom. The normalized spacial score (nSPS) is 21.0. The standard InChI is InChI=1S/C20H38N4O5Si2/c1-19(2)15(25)23(17(27)21-19)11-9-13-31(8,29-30(5,6)7)14-10-12-24-16(26)20(3,4)22-18(24)28/h9-14H2,1-8H3,(H,21,27)(H,22,28). The molecule has 2 fully saturated rings. The molecule has 0 atom stereocenters. The first-order valence-corrected chi connectivity index (χ1v) is 17.2. The predicted molar refractivity (Wildman–Crippen MR) is 124 cm³/mol. The molecule has 31 heavy (non-hydrogen) atoms. The molecule has 0 aromatic heterocycles. The van der Waals surface area contributed by atoms with Crippen LogP contribution in [0.3, 0.4) is 0 Å². The minimum Gasteiger partial charge on any atom is -0.456 e. The highest BCUT2D eigenvalue weighted by molar-refractivity contribution is 6.84. The van der Waals surface area contributed by atoms with Crippen molar-refractivity contribution >= 4 is 40.5 Å². The van der Waals surface area contributed by atoms with Crippen LogP contribution in [0.5, 0.6) is 0 Å². The first kappa shape index (κ1) is 25.5. The molecule has 0 aromatic rings. The lowest BCUT2D eigenvalue weighted by atomic mass is 10.1. The van der Waals surface area contributed by atoms with E-state index in [9.17, 15) is 19.2 Å². The van der Waals surface area contributed by atoms with Crippen LogP contribution >= 0.6 is 0 Å². The Labute approximate surface area is 187 Å². The van der Waals surface area contributed by atoms with Crippen LogP contribution in [0.2, 0.25) is 38.3 Å². The molecule has 2 heterocycles. The number of urea groups is 2. The Bertz CT molecular complexity index is 711. The SMILES string of the molecule is CC1(C)NC(=O)N(CCC[Si](C)(CCCN2C(=O)NC(C)(C)C2=O)O[Si](C)(C)C)C1=O. The highest BCUT2D eigenvalue weighted by Crippen LogP contribution is 2.28. The molecule has 0 saturated carbocycles. The summed E-state index contributed by atoms with van der Waals surface area (Å²) in [6, 6.07) is 0.928. The molecule has 2 saturated heterocycles. The molecular weight excluding hydrogens is 432 g/mol. The van der Waals surface area contributed by atoms with Gasteiger partial charge in [-0.2, -0.15) is 0 Å². The van der Waals surface area contributed by atoms with Crippen LogP contribution in [0.15, 0.2) is 0 Å². The van der Waals surface area contributed by atoms with Gasteiger partial charge in [-0.1, -0.05) is 0 Å². The molecule has 6 amide bonds. The number of amides is 6.